The van der Waals surface area contributed by atoms with Crippen molar-refractivity contribution in [2.24, 2.45) is 0 Å². The zero-order valence-corrected chi connectivity index (χ0v) is 12.3. The van der Waals surface area contributed by atoms with Crippen molar-refractivity contribution in [3.8, 4) is 0 Å². The van der Waals surface area contributed by atoms with E-state index >= 15 is 0 Å². The van der Waals surface area contributed by atoms with Crippen LogP contribution in [0.3, 0.4) is 0 Å². The zero-order valence-electron chi connectivity index (χ0n) is 10.8. The lowest BCUT2D eigenvalue weighted by molar-refractivity contribution is 0.0845. The van der Waals surface area contributed by atoms with E-state index in [2.05, 4.69) is 10.3 Å². The Balaban J connectivity index is 2.24. The quantitative estimate of drug-likeness (QED) is 0.812. The third-order valence-corrected chi connectivity index (χ3v) is 3.78. The lowest BCUT2D eigenvalue weighted by Gasteiger charge is -2.29. The van der Waals surface area contributed by atoms with Gasteiger partial charge in [0.05, 0.1) is 17.2 Å². The van der Waals surface area contributed by atoms with Crippen molar-refractivity contribution in [3.05, 3.63) is 57.8 Å². The fourth-order valence-electron chi connectivity index (χ4n) is 1.85. The summed E-state index contributed by atoms with van der Waals surface area (Å²) in [4.78, 5) is 14.9. The molecule has 0 bridgehead atoms. The molecule has 0 saturated heterocycles. The second kappa shape index (κ2) is 5.87. The summed E-state index contributed by atoms with van der Waals surface area (Å²) in [6.45, 7) is 1.51. The molecule has 1 heterocycles. The van der Waals surface area contributed by atoms with Crippen LogP contribution in [-0.2, 0) is 5.54 Å². The first kappa shape index (κ1) is 14.9. The van der Waals surface area contributed by atoms with Crippen molar-refractivity contribution in [1.29, 1.82) is 0 Å². The van der Waals surface area contributed by atoms with Crippen molar-refractivity contribution >= 4 is 29.1 Å². The molecule has 106 valence electrons. The average Bonchev–Trinajstić information content (AvgIpc) is 2.79. The highest BCUT2D eigenvalue weighted by Gasteiger charge is 2.28. The van der Waals surface area contributed by atoms with Gasteiger partial charge in [0.15, 0.2) is 0 Å². The second-order valence-electron chi connectivity index (χ2n) is 4.66. The average molecular weight is 313 g/mol. The number of hydrogen-bond acceptors (Lipinski definition) is 2. The number of benzene rings is 1. The number of aromatic amines is 1. The third-order valence-electron chi connectivity index (χ3n) is 3.09. The van der Waals surface area contributed by atoms with E-state index in [1.165, 1.54) is 6.07 Å². The maximum Gasteiger partial charge on any atom is 0.268 e. The van der Waals surface area contributed by atoms with Crippen molar-refractivity contribution in [3.63, 3.8) is 0 Å². The van der Waals surface area contributed by atoms with E-state index in [0.717, 1.165) is 5.56 Å². The Hall–Kier alpha value is -1.49. The van der Waals surface area contributed by atoms with Gasteiger partial charge in [-0.05, 0) is 18.6 Å². The second-order valence-corrected chi connectivity index (χ2v) is 5.44. The first-order valence-electron chi connectivity index (χ1n) is 5.99. The van der Waals surface area contributed by atoms with Crippen LogP contribution in [0.15, 0.2) is 36.4 Å². The molecule has 2 aromatic rings. The van der Waals surface area contributed by atoms with E-state index in [-0.39, 0.29) is 28.4 Å². The van der Waals surface area contributed by atoms with Crippen LogP contribution in [0.1, 0.15) is 23.0 Å². The molecule has 2 rings (SSSR count). The molecule has 3 N–H and O–H groups in total. The summed E-state index contributed by atoms with van der Waals surface area (Å²) in [5.74, 6) is -0.390. The highest BCUT2D eigenvalue weighted by Crippen LogP contribution is 2.24. The van der Waals surface area contributed by atoms with Crippen LogP contribution in [0.2, 0.25) is 10.2 Å². The van der Waals surface area contributed by atoms with Gasteiger partial charge < -0.3 is 15.4 Å². The van der Waals surface area contributed by atoms with E-state index in [4.69, 9.17) is 23.2 Å². The molecule has 0 aliphatic carbocycles. The van der Waals surface area contributed by atoms with Crippen LogP contribution in [0.5, 0.6) is 0 Å². The summed E-state index contributed by atoms with van der Waals surface area (Å²) in [5.41, 5.74) is 0.165. The minimum atomic E-state index is -0.887. The van der Waals surface area contributed by atoms with Crippen LogP contribution < -0.4 is 5.32 Å². The van der Waals surface area contributed by atoms with Crippen LogP contribution in [-0.4, -0.2) is 22.6 Å². The minimum Gasteiger partial charge on any atom is -0.394 e. The van der Waals surface area contributed by atoms with Gasteiger partial charge in [-0.3, -0.25) is 4.79 Å². The number of H-pyrrole nitrogens is 1. The maximum atomic E-state index is 12.2. The summed E-state index contributed by atoms with van der Waals surface area (Å²) in [5, 5.41) is 12.9. The van der Waals surface area contributed by atoms with Crippen molar-refractivity contribution in [2.75, 3.05) is 6.61 Å². The zero-order chi connectivity index (χ0) is 14.8. The molecule has 4 nitrogen and oxygen atoms in total. The molecule has 1 amide bonds. The van der Waals surface area contributed by atoms with Crippen molar-refractivity contribution in [2.45, 2.75) is 12.5 Å². The summed E-state index contributed by atoms with van der Waals surface area (Å²) in [6, 6.07) is 10.7. The van der Waals surface area contributed by atoms with Crippen LogP contribution in [0.4, 0.5) is 0 Å². The SMILES string of the molecule is CC(CO)(NC(=O)c1cc(Cl)c(Cl)[nH]1)c1ccccc1. The van der Waals surface area contributed by atoms with Gasteiger partial charge in [0.25, 0.3) is 5.91 Å². The van der Waals surface area contributed by atoms with E-state index in [9.17, 15) is 9.90 Å². The number of carbonyl (C=O) groups excluding carboxylic acids is 1. The molecule has 0 aliphatic rings. The van der Waals surface area contributed by atoms with Crippen LogP contribution in [0, 0.1) is 0 Å². The van der Waals surface area contributed by atoms with E-state index < -0.39 is 5.54 Å². The third kappa shape index (κ3) is 2.98. The molecule has 1 atom stereocenters. The minimum absolute atomic E-state index is 0.210. The standard InChI is InChI=1S/C14H14Cl2N2O2/c1-14(8-19,9-5-3-2-4-6-9)18-13(20)11-7-10(15)12(16)17-11/h2-7,17,19H,8H2,1H3,(H,18,20). The summed E-state index contributed by atoms with van der Waals surface area (Å²) in [7, 11) is 0. The molecule has 1 aromatic carbocycles. The largest absolute Gasteiger partial charge is 0.394 e. The van der Waals surface area contributed by atoms with Gasteiger partial charge in [-0.2, -0.15) is 0 Å². The van der Waals surface area contributed by atoms with Gasteiger partial charge in [0, 0.05) is 0 Å². The van der Waals surface area contributed by atoms with Crippen molar-refractivity contribution in [1.82, 2.24) is 10.3 Å². The predicted octanol–water partition coefficient (Wildman–Crippen LogP) is 2.96. The van der Waals surface area contributed by atoms with Crippen LogP contribution in [0.25, 0.3) is 0 Å². The molecule has 0 radical (unpaired) electrons. The Morgan fingerprint density at radius 3 is 2.50 bits per heavy atom. The Bertz CT molecular complexity index is 593. The molecule has 0 fully saturated rings. The number of aliphatic hydroxyl groups is 1. The lowest BCUT2D eigenvalue weighted by Crippen LogP contribution is -2.46. The Labute approximate surface area is 126 Å². The highest BCUT2D eigenvalue weighted by atomic mass is 35.5. The normalized spacial score (nSPS) is 13.8. The summed E-state index contributed by atoms with van der Waals surface area (Å²) >= 11 is 11.6. The van der Waals surface area contributed by atoms with Gasteiger partial charge in [-0.1, -0.05) is 53.5 Å². The predicted molar refractivity (Wildman–Crippen MR) is 79.2 cm³/mol. The van der Waals surface area contributed by atoms with E-state index in [1.54, 1.807) is 6.92 Å². The van der Waals surface area contributed by atoms with Gasteiger partial charge in [-0.15, -0.1) is 0 Å². The molecule has 1 unspecified atom stereocenters. The Kier molecular flexibility index (Phi) is 4.38. The number of nitrogens with one attached hydrogen (secondary N) is 2. The Morgan fingerprint density at radius 2 is 2.00 bits per heavy atom. The number of aromatic nitrogens is 1. The fourth-order valence-corrected chi connectivity index (χ4v) is 2.17. The first-order chi connectivity index (χ1) is 9.46. The van der Waals surface area contributed by atoms with Gasteiger partial charge in [0.1, 0.15) is 10.8 Å². The van der Waals surface area contributed by atoms with Crippen molar-refractivity contribution < 1.29 is 9.90 Å². The smallest absolute Gasteiger partial charge is 0.268 e. The van der Waals surface area contributed by atoms with Gasteiger partial charge in [0.2, 0.25) is 0 Å². The molecule has 6 heteroatoms. The number of halogens is 2. The number of rotatable bonds is 4. The molecular weight excluding hydrogens is 299 g/mol. The highest BCUT2D eigenvalue weighted by molar-refractivity contribution is 6.41. The molecule has 1 aromatic heterocycles. The van der Waals surface area contributed by atoms with Crippen LogP contribution >= 0.6 is 23.2 Å². The topological polar surface area (TPSA) is 65.1 Å². The first-order valence-corrected chi connectivity index (χ1v) is 6.75. The molecule has 0 saturated carbocycles. The molecule has 0 aliphatic heterocycles. The lowest BCUT2D eigenvalue weighted by atomic mass is 9.93. The number of carbonyl (C=O) groups is 1. The van der Waals surface area contributed by atoms with E-state index in [0.29, 0.717) is 0 Å². The number of aliphatic hydroxyl groups excluding tert-OH is 1. The van der Waals surface area contributed by atoms with E-state index in [1.807, 2.05) is 30.3 Å². The number of amides is 1. The molecular formula is C14H14Cl2N2O2. The summed E-state index contributed by atoms with van der Waals surface area (Å²) < 4.78 is 0. The fraction of sp³-hybridized carbons (Fsp3) is 0.214. The van der Waals surface area contributed by atoms with Gasteiger partial charge >= 0.3 is 0 Å². The number of hydrogen-bond donors (Lipinski definition) is 3. The molecule has 20 heavy (non-hydrogen) atoms. The Morgan fingerprint density at radius 1 is 1.35 bits per heavy atom. The van der Waals surface area contributed by atoms with Gasteiger partial charge in [-0.25, -0.2) is 0 Å². The molecule has 0 spiro atoms. The summed E-state index contributed by atoms with van der Waals surface area (Å²) in [6.07, 6.45) is 0. The monoisotopic (exact) mass is 312 g/mol. The maximum absolute atomic E-state index is 12.2.